The lowest BCUT2D eigenvalue weighted by atomic mass is 10.0. The maximum Gasteiger partial charge on any atom is 0.326 e. The van der Waals surface area contributed by atoms with Gasteiger partial charge in [-0.25, -0.2) is 17.5 Å². The van der Waals surface area contributed by atoms with Crippen LogP contribution in [0.1, 0.15) is 30.8 Å². The standard InChI is InChI=1S/C14H23N3O5S/c1-9(2)6-11(14(19)20)15-13(18)12-7-10(8-17(12)5)23(21,22)16(3)4/h7-9,11H,6H2,1-5H3,(H,15,18)(H,19,20)/t11-/m1/s1. The molecule has 1 aromatic heterocycles. The Hall–Kier alpha value is -1.87. The number of hydrogen-bond acceptors (Lipinski definition) is 4. The van der Waals surface area contributed by atoms with Gasteiger partial charge in [0.2, 0.25) is 10.0 Å². The van der Waals surface area contributed by atoms with Crippen LogP contribution in [-0.4, -0.2) is 54.4 Å². The van der Waals surface area contributed by atoms with Gasteiger partial charge in [-0.1, -0.05) is 13.8 Å². The van der Waals surface area contributed by atoms with Crippen molar-refractivity contribution in [1.82, 2.24) is 14.2 Å². The monoisotopic (exact) mass is 345 g/mol. The summed E-state index contributed by atoms with van der Waals surface area (Å²) in [5.74, 6) is -1.65. The largest absolute Gasteiger partial charge is 0.480 e. The van der Waals surface area contributed by atoms with Gasteiger partial charge in [-0.3, -0.25) is 4.79 Å². The predicted molar refractivity (Wildman–Crippen MR) is 84.6 cm³/mol. The van der Waals surface area contributed by atoms with E-state index in [1.165, 1.54) is 38.0 Å². The van der Waals surface area contributed by atoms with Gasteiger partial charge in [0.15, 0.2) is 0 Å². The van der Waals surface area contributed by atoms with Crippen molar-refractivity contribution in [2.45, 2.75) is 31.2 Å². The smallest absolute Gasteiger partial charge is 0.326 e. The Balaban J connectivity index is 3.06. The van der Waals surface area contributed by atoms with Gasteiger partial charge in [0.25, 0.3) is 5.91 Å². The highest BCUT2D eigenvalue weighted by Gasteiger charge is 2.26. The Labute approximate surface area is 136 Å². The molecule has 0 saturated heterocycles. The lowest BCUT2D eigenvalue weighted by Crippen LogP contribution is -2.42. The van der Waals surface area contributed by atoms with Gasteiger partial charge in [0, 0.05) is 27.3 Å². The second kappa shape index (κ2) is 7.14. The van der Waals surface area contributed by atoms with Crippen LogP contribution in [0.4, 0.5) is 0 Å². The summed E-state index contributed by atoms with van der Waals surface area (Å²) in [7, 11) is 0.658. The summed E-state index contributed by atoms with van der Waals surface area (Å²) in [6, 6.07) is 0.213. The first-order valence-electron chi connectivity index (χ1n) is 7.09. The van der Waals surface area contributed by atoms with Gasteiger partial charge >= 0.3 is 5.97 Å². The van der Waals surface area contributed by atoms with E-state index < -0.39 is 27.9 Å². The number of aliphatic carboxylic acids is 1. The highest BCUT2D eigenvalue weighted by molar-refractivity contribution is 7.89. The van der Waals surface area contributed by atoms with Gasteiger partial charge in [0.1, 0.15) is 16.6 Å². The van der Waals surface area contributed by atoms with E-state index in [1.807, 2.05) is 13.8 Å². The van der Waals surface area contributed by atoms with E-state index in [2.05, 4.69) is 5.32 Å². The molecule has 0 bridgehead atoms. The van der Waals surface area contributed by atoms with Crippen molar-refractivity contribution < 1.29 is 23.1 Å². The van der Waals surface area contributed by atoms with E-state index in [4.69, 9.17) is 0 Å². The molecule has 9 heteroatoms. The van der Waals surface area contributed by atoms with Crippen LogP contribution in [0.5, 0.6) is 0 Å². The first kappa shape index (κ1) is 19.2. The summed E-state index contributed by atoms with van der Waals surface area (Å²) < 4.78 is 26.6. The van der Waals surface area contributed by atoms with Crippen molar-refractivity contribution in [3.8, 4) is 0 Å². The molecule has 0 saturated carbocycles. The Morgan fingerprint density at radius 3 is 2.35 bits per heavy atom. The van der Waals surface area contributed by atoms with E-state index in [0.717, 1.165) is 4.31 Å². The normalized spacial score (nSPS) is 13.3. The number of carbonyl (C=O) groups is 2. The molecule has 23 heavy (non-hydrogen) atoms. The summed E-state index contributed by atoms with van der Waals surface area (Å²) in [5, 5.41) is 11.6. The average Bonchev–Trinajstić information content (AvgIpc) is 2.79. The third-order valence-electron chi connectivity index (χ3n) is 3.30. The number of hydrogen-bond donors (Lipinski definition) is 2. The van der Waals surface area contributed by atoms with E-state index >= 15 is 0 Å². The van der Waals surface area contributed by atoms with Crippen LogP contribution in [-0.2, 0) is 21.9 Å². The molecule has 1 heterocycles. The minimum absolute atomic E-state index is 0.0223. The van der Waals surface area contributed by atoms with Gasteiger partial charge in [-0.15, -0.1) is 0 Å². The topological polar surface area (TPSA) is 109 Å². The fraction of sp³-hybridized carbons (Fsp3) is 0.571. The Morgan fingerprint density at radius 2 is 1.91 bits per heavy atom. The molecule has 0 radical (unpaired) electrons. The molecule has 2 N–H and O–H groups in total. The minimum atomic E-state index is -3.66. The van der Waals surface area contributed by atoms with E-state index in [0.29, 0.717) is 0 Å². The number of carboxylic acid groups (broad SMARTS) is 1. The summed E-state index contributed by atoms with van der Waals surface area (Å²) in [6.07, 6.45) is 1.61. The van der Waals surface area contributed by atoms with E-state index in [1.54, 1.807) is 0 Å². The molecule has 0 aliphatic heterocycles. The summed E-state index contributed by atoms with van der Waals surface area (Å²) >= 11 is 0. The number of carboxylic acids is 1. The third kappa shape index (κ3) is 4.55. The van der Waals surface area contributed by atoms with Crippen molar-refractivity contribution in [3.05, 3.63) is 18.0 Å². The number of rotatable bonds is 7. The van der Waals surface area contributed by atoms with Crippen LogP contribution in [0.2, 0.25) is 0 Å². The maximum atomic E-state index is 12.3. The average molecular weight is 345 g/mol. The number of nitrogens with zero attached hydrogens (tertiary/aromatic N) is 2. The van der Waals surface area contributed by atoms with Gasteiger partial charge in [-0.2, -0.15) is 0 Å². The fourth-order valence-electron chi connectivity index (χ4n) is 2.04. The van der Waals surface area contributed by atoms with Gasteiger partial charge in [-0.05, 0) is 18.4 Å². The molecule has 130 valence electrons. The van der Waals surface area contributed by atoms with Crippen LogP contribution in [0.25, 0.3) is 0 Å². The summed E-state index contributed by atoms with van der Waals surface area (Å²) in [4.78, 5) is 23.5. The van der Waals surface area contributed by atoms with Crippen molar-refractivity contribution in [2.75, 3.05) is 14.1 Å². The first-order valence-corrected chi connectivity index (χ1v) is 8.53. The second-order valence-corrected chi connectivity index (χ2v) is 8.11. The molecule has 8 nitrogen and oxygen atoms in total. The van der Waals surface area contributed by atoms with E-state index in [9.17, 15) is 23.1 Å². The summed E-state index contributed by atoms with van der Waals surface area (Å²) in [6.45, 7) is 3.71. The quantitative estimate of drug-likeness (QED) is 0.748. The molecule has 0 aromatic carbocycles. The van der Waals surface area contributed by atoms with Crippen molar-refractivity contribution in [1.29, 1.82) is 0 Å². The number of aromatic nitrogens is 1. The zero-order chi connectivity index (χ0) is 17.9. The molecule has 0 aliphatic carbocycles. The molecule has 1 aromatic rings. The van der Waals surface area contributed by atoms with Crippen LogP contribution in [0.15, 0.2) is 17.2 Å². The Morgan fingerprint density at radius 1 is 1.35 bits per heavy atom. The van der Waals surface area contributed by atoms with Gasteiger partial charge in [0.05, 0.1) is 0 Å². The fourth-order valence-corrected chi connectivity index (χ4v) is 3.01. The molecular formula is C14H23N3O5S. The third-order valence-corrected chi connectivity index (χ3v) is 5.08. The van der Waals surface area contributed by atoms with Crippen LogP contribution >= 0.6 is 0 Å². The molecule has 0 spiro atoms. The molecule has 0 unspecified atom stereocenters. The lowest BCUT2D eigenvalue weighted by molar-refractivity contribution is -0.139. The van der Waals surface area contributed by atoms with Crippen LogP contribution < -0.4 is 5.32 Å². The lowest BCUT2D eigenvalue weighted by Gasteiger charge is -2.16. The zero-order valence-electron chi connectivity index (χ0n) is 13.9. The number of sulfonamides is 1. The molecule has 0 fully saturated rings. The van der Waals surface area contributed by atoms with Crippen LogP contribution in [0.3, 0.4) is 0 Å². The first-order chi connectivity index (χ1) is 10.5. The Bertz CT molecular complexity index is 691. The number of amides is 1. The predicted octanol–water partition coefficient (Wildman–Crippen LogP) is 0.505. The minimum Gasteiger partial charge on any atom is -0.480 e. The zero-order valence-corrected chi connectivity index (χ0v) is 14.7. The summed E-state index contributed by atoms with van der Waals surface area (Å²) in [5.41, 5.74) is 0.0837. The molecule has 1 amide bonds. The highest BCUT2D eigenvalue weighted by Crippen LogP contribution is 2.17. The highest BCUT2D eigenvalue weighted by atomic mass is 32.2. The SMILES string of the molecule is CC(C)C[C@@H](NC(=O)c1cc(S(=O)(=O)N(C)C)cn1C)C(=O)O. The van der Waals surface area contributed by atoms with Crippen molar-refractivity contribution in [2.24, 2.45) is 13.0 Å². The molecule has 0 aliphatic rings. The number of carbonyl (C=O) groups excluding carboxylic acids is 1. The second-order valence-electron chi connectivity index (χ2n) is 5.95. The maximum absolute atomic E-state index is 12.3. The van der Waals surface area contributed by atoms with Crippen molar-refractivity contribution in [3.63, 3.8) is 0 Å². The molecular weight excluding hydrogens is 322 g/mol. The van der Waals surface area contributed by atoms with Crippen LogP contribution in [0, 0.1) is 5.92 Å². The molecule has 1 rings (SSSR count). The Kier molecular flexibility index (Phi) is 5.95. The van der Waals surface area contributed by atoms with Gasteiger partial charge < -0.3 is 15.0 Å². The number of nitrogens with one attached hydrogen (secondary N) is 1. The van der Waals surface area contributed by atoms with E-state index in [-0.39, 0.29) is 22.9 Å². The van der Waals surface area contributed by atoms with Crippen molar-refractivity contribution >= 4 is 21.9 Å². The molecule has 1 atom stereocenters. The number of aryl methyl sites for hydroxylation is 1.